The number of epoxide rings is 1. The van der Waals surface area contributed by atoms with Gasteiger partial charge in [-0.2, -0.15) is 0 Å². The number of rotatable bonds is 3. The van der Waals surface area contributed by atoms with E-state index in [1.807, 2.05) is 0 Å². The van der Waals surface area contributed by atoms with Crippen molar-refractivity contribution in [2.24, 2.45) is 11.3 Å². The average Bonchev–Trinajstić information content (AvgIpc) is 2.78. The van der Waals surface area contributed by atoms with Crippen LogP contribution in [0.3, 0.4) is 0 Å². The van der Waals surface area contributed by atoms with Gasteiger partial charge in [-0.3, -0.25) is 0 Å². The van der Waals surface area contributed by atoms with Gasteiger partial charge in [0, 0.05) is 0 Å². The van der Waals surface area contributed by atoms with E-state index in [1.165, 1.54) is 19.3 Å². The smallest absolute Gasteiger partial charge is 0.112 e. The van der Waals surface area contributed by atoms with E-state index in [9.17, 15) is 0 Å². The summed E-state index contributed by atoms with van der Waals surface area (Å²) in [6, 6.07) is 0. The second kappa shape index (κ2) is 3.74. The highest BCUT2D eigenvalue weighted by molar-refractivity contribution is 4.89. The van der Waals surface area contributed by atoms with Gasteiger partial charge in [-0.05, 0) is 37.5 Å². The van der Waals surface area contributed by atoms with Crippen LogP contribution in [0.15, 0.2) is 0 Å². The molecule has 2 fully saturated rings. The molecule has 0 amide bonds. The molecule has 1 aliphatic heterocycles. The van der Waals surface area contributed by atoms with Crippen molar-refractivity contribution >= 4 is 0 Å². The Hall–Kier alpha value is -0.0800. The van der Waals surface area contributed by atoms with Crippen molar-refractivity contribution in [1.82, 2.24) is 0 Å². The normalized spacial score (nSPS) is 44.0. The fourth-order valence-electron chi connectivity index (χ4n) is 2.89. The predicted molar refractivity (Wildman–Crippen MR) is 60.9 cm³/mol. The van der Waals surface area contributed by atoms with Crippen molar-refractivity contribution in [2.75, 3.05) is 13.2 Å². The van der Waals surface area contributed by atoms with E-state index in [2.05, 4.69) is 27.7 Å². The third-order valence-electron chi connectivity index (χ3n) is 3.61. The third kappa shape index (κ3) is 3.18. The summed E-state index contributed by atoms with van der Waals surface area (Å²) >= 11 is 0. The van der Waals surface area contributed by atoms with Crippen molar-refractivity contribution in [2.45, 2.75) is 58.7 Å². The number of hydrogen-bond acceptors (Lipinski definition) is 2. The van der Waals surface area contributed by atoms with Crippen molar-refractivity contribution in [3.05, 3.63) is 0 Å². The molecule has 0 N–H and O–H groups in total. The highest BCUT2D eigenvalue weighted by Gasteiger charge is 2.41. The van der Waals surface area contributed by atoms with Gasteiger partial charge in [-0.1, -0.05) is 20.8 Å². The van der Waals surface area contributed by atoms with E-state index >= 15 is 0 Å². The first-order valence-corrected chi connectivity index (χ1v) is 6.14. The van der Waals surface area contributed by atoms with Gasteiger partial charge < -0.3 is 9.47 Å². The Balaban J connectivity index is 1.81. The first-order chi connectivity index (χ1) is 6.89. The zero-order chi connectivity index (χ0) is 11.1. The van der Waals surface area contributed by atoms with E-state index in [0.29, 0.717) is 11.5 Å². The Morgan fingerprint density at radius 1 is 1.27 bits per heavy atom. The number of hydrogen-bond donors (Lipinski definition) is 0. The minimum Gasteiger partial charge on any atom is -0.375 e. The van der Waals surface area contributed by atoms with Crippen LogP contribution in [0.4, 0.5) is 0 Å². The molecule has 0 bridgehead atoms. The van der Waals surface area contributed by atoms with Crippen LogP contribution in [-0.2, 0) is 9.47 Å². The number of ether oxygens (including phenoxy) is 2. The molecule has 3 atom stereocenters. The van der Waals surface area contributed by atoms with E-state index in [-0.39, 0.29) is 5.60 Å². The van der Waals surface area contributed by atoms with Crippen molar-refractivity contribution in [3.8, 4) is 0 Å². The fourth-order valence-corrected chi connectivity index (χ4v) is 2.89. The predicted octanol–water partition coefficient (Wildman–Crippen LogP) is 3.01. The monoisotopic (exact) mass is 212 g/mol. The molecule has 0 aromatic heterocycles. The molecule has 2 aliphatic rings. The molecule has 0 radical (unpaired) electrons. The Kier molecular flexibility index (Phi) is 2.85. The van der Waals surface area contributed by atoms with Crippen LogP contribution in [0.2, 0.25) is 0 Å². The van der Waals surface area contributed by atoms with Crippen molar-refractivity contribution in [3.63, 3.8) is 0 Å². The molecule has 88 valence electrons. The highest BCUT2D eigenvalue weighted by Crippen LogP contribution is 2.40. The molecule has 2 rings (SSSR count). The topological polar surface area (TPSA) is 21.8 Å². The maximum absolute atomic E-state index is 5.99. The molecule has 3 unspecified atom stereocenters. The lowest BCUT2D eigenvalue weighted by Gasteiger charge is -2.39. The Labute approximate surface area is 93.3 Å². The lowest BCUT2D eigenvalue weighted by Crippen LogP contribution is -2.34. The zero-order valence-electron chi connectivity index (χ0n) is 10.5. The van der Waals surface area contributed by atoms with Gasteiger partial charge in [-0.25, -0.2) is 0 Å². The summed E-state index contributed by atoms with van der Waals surface area (Å²) in [7, 11) is 0. The molecule has 1 saturated heterocycles. The minimum atomic E-state index is 0.0465. The summed E-state index contributed by atoms with van der Waals surface area (Å²) in [5.41, 5.74) is 0.498. The van der Waals surface area contributed by atoms with Gasteiger partial charge in [0.25, 0.3) is 0 Å². The molecule has 1 saturated carbocycles. The molecule has 0 spiro atoms. The molecule has 2 heteroatoms. The van der Waals surface area contributed by atoms with Gasteiger partial charge in [-0.15, -0.1) is 0 Å². The molecule has 1 aliphatic carbocycles. The van der Waals surface area contributed by atoms with Crippen molar-refractivity contribution < 1.29 is 9.47 Å². The van der Waals surface area contributed by atoms with Crippen LogP contribution < -0.4 is 0 Å². The van der Waals surface area contributed by atoms with E-state index < -0.39 is 0 Å². The Morgan fingerprint density at radius 3 is 2.47 bits per heavy atom. The van der Waals surface area contributed by atoms with E-state index in [0.717, 1.165) is 19.1 Å². The quantitative estimate of drug-likeness (QED) is 0.671. The van der Waals surface area contributed by atoms with Crippen LogP contribution in [0.5, 0.6) is 0 Å². The summed E-state index contributed by atoms with van der Waals surface area (Å²) in [4.78, 5) is 0. The third-order valence-corrected chi connectivity index (χ3v) is 3.61. The maximum Gasteiger partial charge on any atom is 0.112 e. The summed E-state index contributed by atoms with van der Waals surface area (Å²) in [5, 5.41) is 0. The minimum absolute atomic E-state index is 0.0465. The lowest BCUT2D eigenvalue weighted by molar-refractivity contribution is -0.0394. The Bertz CT molecular complexity index is 231. The van der Waals surface area contributed by atoms with Gasteiger partial charge >= 0.3 is 0 Å². The summed E-state index contributed by atoms with van der Waals surface area (Å²) in [6.45, 7) is 10.8. The Morgan fingerprint density at radius 2 is 1.93 bits per heavy atom. The van der Waals surface area contributed by atoms with Crippen LogP contribution in [0.1, 0.15) is 47.0 Å². The molecule has 1 heterocycles. The summed E-state index contributed by atoms with van der Waals surface area (Å²) in [6.07, 6.45) is 4.21. The van der Waals surface area contributed by atoms with Gasteiger partial charge in [0.2, 0.25) is 0 Å². The molecule has 2 nitrogen and oxygen atoms in total. The summed E-state index contributed by atoms with van der Waals surface area (Å²) in [5.74, 6) is 0.798. The highest BCUT2D eigenvalue weighted by atomic mass is 16.6. The molecular weight excluding hydrogens is 188 g/mol. The summed E-state index contributed by atoms with van der Waals surface area (Å²) < 4.78 is 11.3. The first-order valence-electron chi connectivity index (χ1n) is 6.14. The van der Waals surface area contributed by atoms with Crippen LogP contribution in [0, 0.1) is 11.3 Å². The van der Waals surface area contributed by atoms with Gasteiger partial charge in [0.05, 0.1) is 19.3 Å². The van der Waals surface area contributed by atoms with E-state index in [4.69, 9.17) is 9.47 Å². The van der Waals surface area contributed by atoms with Gasteiger partial charge in [0.1, 0.15) is 5.60 Å². The molecule has 0 aromatic carbocycles. The van der Waals surface area contributed by atoms with Gasteiger partial charge in [0.15, 0.2) is 0 Å². The second-order valence-corrected chi connectivity index (χ2v) is 6.58. The second-order valence-electron chi connectivity index (χ2n) is 6.58. The zero-order valence-corrected chi connectivity index (χ0v) is 10.5. The molecule has 0 aromatic rings. The molecule has 15 heavy (non-hydrogen) atoms. The largest absolute Gasteiger partial charge is 0.375 e. The fraction of sp³-hybridized carbons (Fsp3) is 1.00. The standard InChI is InChI=1S/C13H24O2/c1-10-5-11(7-12(2,3)6-10)14-8-13(4)9-15-13/h10-11H,5-9H2,1-4H3. The van der Waals surface area contributed by atoms with Crippen molar-refractivity contribution in [1.29, 1.82) is 0 Å². The van der Waals surface area contributed by atoms with Crippen LogP contribution in [-0.4, -0.2) is 24.9 Å². The average molecular weight is 212 g/mol. The molecular formula is C13H24O2. The van der Waals surface area contributed by atoms with Crippen LogP contribution in [0.25, 0.3) is 0 Å². The first kappa shape index (κ1) is 11.4. The van der Waals surface area contributed by atoms with Crippen LogP contribution >= 0.6 is 0 Å². The SMILES string of the molecule is CC1CC(OCC2(C)CO2)CC(C)(C)C1. The maximum atomic E-state index is 5.99. The van der Waals surface area contributed by atoms with E-state index in [1.54, 1.807) is 0 Å². The lowest BCUT2D eigenvalue weighted by atomic mass is 9.71.